The summed E-state index contributed by atoms with van der Waals surface area (Å²) in [4.78, 5) is 24.3. The summed E-state index contributed by atoms with van der Waals surface area (Å²) in [6, 6.07) is 23.8. The van der Waals surface area contributed by atoms with Crippen LogP contribution in [0.15, 0.2) is 78.9 Å². The molecule has 0 fully saturated rings. The molecule has 0 heterocycles. The highest BCUT2D eigenvalue weighted by Gasteiger charge is 2.07. The minimum Gasteiger partial charge on any atom is -0.457 e. The quantitative estimate of drug-likeness (QED) is 0.485. The van der Waals surface area contributed by atoms with E-state index in [1.807, 2.05) is 61.5 Å². The van der Waals surface area contributed by atoms with Crippen molar-refractivity contribution < 1.29 is 14.3 Å². The molecule has 0 unspecified atom stereocenters. The fourth-order valence-electron chi connectivity index (χ4n) is 2.73. The van der Waals surface area contributed by atoms with Gasteiger partial charge in [-0.15, -0.1) is 0 Å². The number of para-hydroxylation sites is 1. The van der Waals surface area contributed by atoms with E-state index in [2.05, 4.69) is 16.0 Å². The summed E-state index contributed by atoms with van der Waals surface area (Å²) in [6.45, 7) is 2.72. The van der Waals surface area contributed by atoms with Crippen LogP contribution in [0, 0.1) is 0 Å². The molecular weight excluding hydrogens is 378 g/mol. The summed E-state index contributed by atoms with van der Waals surface area (Å²) in [5.74, 6) is 1.13. The molecular formula is C24H25N3O3. The maximum atomic E-state index is 12.2. The monoisotopic (exact) mass is 403 g/mol. The first kappa shape index (κ1) is 20.9. The Hall–Kier alpha value is -3.80. The highest BCUT2D eigenvalue weighted by molar-refractivity contribution is 5.98. The number of nitrogens with one attached hydrogen (secondary N) is 3. The number of carbonyl (C=O) groups excluding carboxylic acids is 2. The Morgan fingerprint density at radius 3 is 2.30 bits per heavy atom. The van der Waals surface area contributed by atoms with Crippen LogP contribution in [0.1, 0.15) is 23.7 Å². The second kappa shape index (κ2) is 10.7. The number of carbonyl (C=O) groups is 2. The summed E-state index contributed by atoms with van der Waals surface area (Å²) in [7, 11) is 0. The van der Waals surface area contributed by atoms with Crippen molar-refractivity contribution >= 4 is 23.2 Å². The van der Waals surface area contributed by atoms with Crippen molar-refractivity contribution in [2.45, 2.75) is 13.3 Å². The molecule has 6 nitrogen and oxygen atoms in total. The molecule has 0 bridgehead atoms. The van der Waals surface area contributed by atoms with E-state index in [-0.39, 0.29) is 18.4 Å². The van der Waals surface area contributed by atoms with Crippen molar-refractivity contribution in [3.05, 3.63) is 84.4 Å². The number of rotatable bonds is 9. The Labute approximate surface area is 176 Å². The second-order valence-electron chi connectivity index (χ2n) is 6.68. The van der Waals surface area contributed by atoms with Gasteiger partial charge in [0.1, 0.15) is 11.5 Å². The van der Waals surface area contributed by atoms with Gasteiger partial charge in [0.15, 0.2) is 0 Å². The topological polar surface area (TPSA) is 79.5 Å². The van der Waals surface area contributed by atoms with E-state index in [0.717, 1.165) is 23.6 Å². The molecule has 0 saturated carbocycles. The first-order chi connectivity index (χ1) is 14.6. The molecule has 0 aliphatic rings. The number of hydrogen-bond acceptors (Lipinski definition) is 4. The zero-order chi connectivity index (χ0) is 21.2. The molecule has 0 saturated heterocycles. The maximum Gasteiger partial charge on any atom is 0.251 e. The third-order valence-electron chi connectivity index (χ3n) is 4.23. The Morgan fingerprint density at radius 2 is 1.57 bits per heavy atom. The van der Waals surface area contributed by atoms with Crippen LogP contribution in [0.5, 0.6) is 11.5 Å². The number of hydrogen-bond donors (Lipinski definition) is 3. The number of anilines is 2. The molecule has 6 heteroatoms. The molecule has 0 atom stereocenters. The van der Waals surface area contributed by atoms with E-state index in [0.29, 0.717) is 17.8 Å². The lowest BCUT2D eigenvalue weighted by molar-refractivity contribution is -0.114. The van der Waals surface area contributed by atoms with Crippen LogP contribution in [0.2, 0.25) is 0 Å². The smallest absolute Gasteiger partial charge is 0.251 e. The zero-order valence-corrected chi connectivity index (χ0v) is 16.9. The van der Waals surface area contributed by atoms with Gasteiger partial charge in [-0.05, 0) is 61.0 Å². The SMILES string of the molecule is CCCNC(=O)c1cccc(NC(=O)CNc2ccc(Oc3ccccc3)cc2)c1. The van der Waals surface area contributed by atoms with Crippen molar-refractivity contribution in [1.82, 2.24) is 5.32 Å². The number of ether oxygens (including phenoxy) is 1. The van der Waals surface area contributed by atoms with Crippen LogP contribution in [0.25, 0.3) is 0 Å². The van der Waals surface area contributed by atoms with E-state index < -0.39 is 0 Å². The highest BCUT2D eigenvalue weighted by atomic mass is 16.5. The van der Waals surface area contributed by atoms with Crippen molar-refractivity contribution in [1.29, 1.82) is 0 Å². The summed E-state index contributed by atoms with van der Waals surface area (Å²) < 4.78 is 5.75. The predicted octanol–water partition coefficient (Wildman–Crippen LogP) is 4.67. The van der Waals surface area contributed by atoms with Gasteiger partial charge in [-0.2, -0.15) is 0 Å². The van der Waals surface area contributed by atoms with Gasteiger partial charge in [0.05, 0.1) is 6.54 Å². The molecule has 154 valence electrons. The molecule has 3 N–H and O–H groups in total. The Bertz CT molecular complexity index is 973. The average Bonchev–Trinajstić information content (AvgIpc) is 2.78. The summed E-state index contributed by atoms with van der Waals surface area (Å²) in [5, 5.41) is 8.70. The van der Waals surface area contributed by atoms with Crippen LogP contribution >= 0.6 is 0 Å². The molecule has 0 aliphatic heterocycles. The van der Waals surface area contributed by atoms with Gasteiger partial charge in [-0.3, -0.25) is 9.59 Å². The Balaban J connectivity index is 1.49. The highest BCUT2D eigenvalue weighted by Crippen LogP contribution is 2.22. The molecule has 0 aliphatic carbocycles. The van der Waals surface area contributed by atoms with Crippen molar-refractivity contribution in [3.8, 4) is 11.5 Å². The molecule has 3 rings (SSSR count). The van der Waals surface area contributed by atoms with Gasteiger partial charge >= 0.3 is 0 Å². The summed E-state index contributed by atoms with van der Waals surface area (Å²) in [5.41, 5.74) is 1.90. The van der Waals surface area contributed by atoms with Gasteiger partial charge in [0, 0.05) is 23.5 Å². The zero-order valence-electron chi connectivity index (χ0n) is 16.9. The summed E-state index contributed by atoms with van der Waals surface area (Å²) in [6.07, 6.45) is 0.868. The molecule has 0 spiro atoms. The third kappa shape index (κ3) is 6.38. The lowest BCUT2D eigenvalue weighted by Gasteiger charge is -2.10. The van der Waals surface area contributed by atoms with Gasteiger partial charge < -0.3 is 20.7 Å². The first-order valence-corrected chi connectivity index (χ1v) is 9.89. The molecule has 0 radical (unpaired) electrons. The van der Waals surface area contributed by atoms with E-state index in [1.54, 1.807) is 24.3 Å². The molecule has 0 aromatic heterocycles. The van der Waals surface area contributed by atoms with Gasteiger partial charge in [-0.1, -0.05) is 31.2 Å². The van der Waals surface area contributed by atoms with E-state index >= 15 is 0 Å². The minimum absolute atomic E-state index is 0.102. The first-order valence-electron chi connectivity index (χ1n) is 9.89. The standard InChI is InChI=1S/C24H25N3O3/c1-2-15-25-24(29)18-7-6-8-20(16-18)27-23(28)17-26-19-11-13-22(14-12-19)30-21-9-4-3-5-10-21/h3-14,16,26H,2,15,17H2,1H3,(H,25,29)(H,27,28). The molecule has 3 aromatic rings. The van der Waals surface area contributed by atoms with Gasteiger partial charge in [-0.25, -0.2) is 0 Å². The van der Waals surface area contributed by atoms with E-state index in [9.17, 15) is 9.59 Å². The lowest BCUT2D eigenvalue weighted by Crippen LogP contribution is -2.24. The average molecular weight is 403 g/mol. The maximum absolute atomic E-state index is 12.2. The fourth-order valence-corrected chi connectivity index (χ4v) is 2.73. The van der Waals surface area contributed by atoms with Crippen molar-refractivity contribution in [3.63, 3.8) is 0 Å². The Kier molecular flexibility index (Phi) is 7.44. The fraction of sp³-hybridized carbons (Fsp3) is 0.167. The van der Waals surface area contributed by atoms with Crippen LogP contribution in [-0.2, 0) is 4.79 Å². The lowest BCUT2D eigenvalue weighted by atomic mass is 10.2. The van der Waals surface area contributed by atoms with Crippen LogP contribution in [0.4, 0.5) is 11.4 Å². The van der Waals surface area contributed by atoms with Gasteiger partial charge in [0.2, 0.25) is 5.91 Å². The van der Waals surface area contributed by atoms with Crippen molar-refractivity contribution in [2.75, 3.05) is 23.7 Å². The third-order valence-corrected chi connectivity index (χ3v) is 4.23. The number of amides is 2. The Morgan fingerprint density at radius 1 is 0.833 bits per heavy atom. The van der Waals surface area contributed by atoms with E-state index in [1.165, 1.54) is 0 Å². The predicted molar refractivity (Wildman–Crippen MR) is 119 cm³/mol. The molecule has 30 heavy (non-hydrogen) atoms. The van der Waals surface area contributed by atoms with Crippen LogP contribution in [0.3, 0.4) is 0 Å². The van der Waals surface area contributed by atoms with E-state index in [4.69, 9.17) is 4.74 Å². The molecule has 2 amide bonds. The second-order valence-corrected chi connectivity index (χ2v) is 6.68. The largest absolute Gasteiger partial charge is 0.457 e. The van der Waals surface area contributed by atoms with Crippen LogP contribution in [-0.4, -0.2) is 24.9 Å². The van der Waals surface area contributed by atoms with Gasteiger partial charge in [0.25, 0.3) is 5.91 Å². The van der Waals surface area contributed by atoms with Crippen LogP contribution < -0.4 is 20.7 Å². The minimum atomic E-state index is -0.203. The van der Waals surface area contributed by atoms with Crippen molar-refractivity contribution in [2.24, 2.45) is 0 Å². The summed E-state index contributed by atoms with van der Waals surface area (Å²) >= 11 is 0. The normalized spacial score (nSPS) is 10.2. The molecule has 3 aromatic carbocycles. The number of benzene rings is 3.